The molecule has 150 valence electrons. The van der Waals surface area contributed by atoms with Crippen LogP contribution in [-0.4, -0.2) is 80.4 Å². The molecule has 3 fully saturated rings. The minimum atomic E-state index is -2.85. The van der Waals surface area contributed by atoms with Gasteiger partial charge in [-0.3, -0.25) is 9.79 Å². The molecule has 3 aliphatic rings. The second-order valence-electron chi connectivity index (χ2n) is 7.82. The highest BCUT2D eigenvalue weighted by atomic mass is 127. The van der Waals surface area contributed by atoms with Gasteiger partial charge in [0.1, 0.15) is 0 Å². The van der Waals surface area contributed by atoms with Gasteiger partial charge in [0.15, 0.2) is 15.8 Å². The highest BCUT2D eigenvalue weighted by molar-refractivity contribution is 14.0. The van der Waals surface area contributed by atoms with Gasteiger partial charge in [0.05, 0.1) is 11.5 Å². The number of nitrogens with zero attached hydrogens (tertiary/aromatic N) is 3. The molecule has 0 spiro atoms. The molecule has 7 nitrogen and oxygen atoms in total. The summed E-state index contributed by atoms with van der Waals surface area (Å²) in [7, 11) is -2.85. The molecule has 1 saturated carbocycles. The van der Waals surface area contributed by atoms with Crippen molar-refractivity contribution in [2.45, 2.75) is 39.2 Å². The van der Waals surface area contributed by atoms with E-state index in [-0.39, 0.29) is 47.5 Å². The Balaban J connectivity index is 0.00000243. The lowest BCUT2D eigenvalue weighted by atomic mass is 10.1. The van der Waals surface area contributed by atoms with Gasteiger partial charge in [-0.25, -0.2) is 8.42 Å². The fourth-order valence-corrected chi connectivity index (χ4v) is 5.23. The average Bonchev–Trinajstić information content (AvgIpc) is 3.33. The van der Waals surface area contributed by atoms with Crippen molar-refractivity contribution >= 4 is 45.7 Å². The van der Waals surface area contributed by atoms with Crippen LogP contribution in [0.2, 0.25) is 0 Å². The van der Waals surface area contributed by atoms with Gasteiger partial charge < -0.3 is 15.1 Å². The topological polar surface area (TPSA) is 82.1 Å². The van der Waals surface area contributed by atoms with Gasteiger partial charge >= 0.3 is 0 Å². The Bertz CT molecular complexity index is 626. The van der Waals surface area contributed by atoms with Crippen molar-refractivity contribution in [3.05, 3.63) is 0 Å². The summed E-state index contributed by atoms with van der Waals surface area (Å²) in [6, 6.07) is 0.501. The first-order valence-electron chi connectivity index (χ1n) is 9.39. The summed E-state index contributed by atoms with van der Waals surface area (Å²) in [5, 5.41) is 3.50. The number of rotatable bonds is 4. The largest absolute Gasteiger partial charge is 0.354 e. The van der Waals surface area contributed by atoms with E-state index < -0.39 is 9.84 Å². The van der Waals surface area contributed by atoms with Crippen LogP contribution in [-0.2, 0) is 14.6 Å². The molecule has 9 heteroatoms. The number of hydrogen-bond acceptors (Lipinski definition) is 4. The van der Waals surface area contributed by atoms with Crippen LogP contribution in [0.3, 0.4) is 0 Å². The molecule has 0 aromatic heterocycles. The van der Waals surface area contributed by atoms with Gasteiger partial charge in [-0.05, 0) is 25.2 Å². The van der Waals surface area contributed by atoms with E-state index in [1.54, 1.807) is 0 Å². The van der Waals surface area contributed by atoms with Crippen LogP contribution < -0.4 is 5.32 Å². The summed E-state index contributed by atoms with van der Waals surface area (Å²) in [6.45, 7) is 7.44. The van der Waals surface area contributed by atoms with Gasteiger partial charge in [-0.15, -0.1) is 24.0 Å². The van der Waals surface area contributed by atoms with Gasteiger partial charge in [-0.2, -0.15) is 0 Å². The zero-order chi connectivity index (χ0) is 18.0. The van der Waals surface area contributed by atoms with E-state index in [2.05, 4.69) is 10.2 Å². The van der Waals surface area contributed by atoms with E-state index in [1.807, 2.05) is 18.7 Å². The minimum Gasteiger partial charge on any atom is -0.354 e. The smallest absolute Gasteiger partial charge is 0.225 e. The number of piperazine rings is 1. The predicted molar refractivity (Wildman–Crippen MR) is 114 cm³/mol. The van der Waals surface area contributed by atoms with E-state index in [0.717, 1.165) is 38.6 Å². The number of carbonyl (C=O) groups is 1. The maximum absolute atomic E-state index is 12.1. The molecule has 1 atom stereocenters. The summed E-state index contributed by atoms with van der Waals surface area (Å²) in [5.41, 5.74) is 0. The molecule has 1 N–H and O–H groups in total. The van der Waals surface area contributed by atoms with Crippen molar-refractivity contribution in [3.63, 3.8) is 0 Å². The Labute approximate surface area is 173 Å². The van der Waals surface area contributed by atoms with Crippen LogP contribution in [0.1, 0.15) is 33.1 Å². The number of sulfone groups is 1. The predicted octanol–water partition coefficient (Wildman–Crippen LogP) is 0.947. The van der Waals surface area contributed by atoms with E-state index >= 15 is 0 Å². The zero-order valence-electron chi connectivity index (χ0n) is 15.7. The lowest BCUT2D eigenvalue weighted by molar-refractivity contribution is -0.135. The summed E-state index contributed by atoms with van der Waals surface area (Å²) in [5.74, 6) is 1.85. The van der Waals surface area contributed by atoms with Crippen LogP contribution in [0, 0.1) is 11.8 Å². The number of aliphatic imine (C=N–C) groups is 1. The monoisotopic (exact) mass is 498 g/mol. The lowest BCUT2D eigenvalue weighted by Crippen LogP contribution is -2.54. The van der Waals surface area contributed by atoms with Crippen LogP contribution in [0.5, 0.6) is 0 Å². The maximum atomic E-state index is 12.1. The fourth-order valence-electron chi connectivity index (χ4n) is 3.38. The average molecular weight is 498 g/mol. The molecule has 0 bridgehead atoms. The van der Waals surface area contributed by atoms with Gasteiger partial charge in [0.2, 0.25) is 5.91 Å². The Hall–Kier alpha value is -0.580. The van der Waals surface area contributed by atoms with E-state index in [0.29, 0.717) is 18.3 Å². The third kappa shape index (κ3) is 5.97. The fraction of sp³-hybridized carbons (Fsp3) is 0.882. The number of guanidine groups is 1. The minimum absolute atomic E-state index is 0. The lowest BCUT2D eigenvalue weighted by Gasteiger charge is -2.37. The molecule has 1 amide bonds. The number of carbonyl (C=O) groups excluding carboxylic acids is 1. The summed E-state index contributed by atoms with van der Waals surface area (Å²) < 4.78 is 23.2. The molecule has 1 unspecified atom stereocenters. The first kappa shape index (κ1) is 21.7. The Morgan fingerprint density at radius 2 is 1.73 bits per heavy atom. The standard InChI is InChI=1S/C17H30N4O3S.HI/c1-13(2)16(22)20-6-8-21(9-7-20)17(19-15-3-4-15)18-11-14-5-10-25(23,24)12-14;/h13-15H,3-12H2,1-2H3,(H,18,19);1H. The van der Waals surface area contributed by atoms with Crippen molar-refractivity contribution in [1.29, 1.82) is 0 Å². The van der Waals surface area contributed by atoms with Crippen LogP contribution in [0.15, 0.2) is 4.99 Å². The third-order valence-electron chi connectivity index (χ3n) is 5.12. The maximum Gasteiger partial charge on any atom is 0.225 e. The molecule has 0 radical (unpaired) electrons. The molecule has 1 aliphatic carbocycles. The zero-order valence-corrected chi connectivity index (χ0v) is 18.8. The van der Waals surface area contributed by atoms with Crippen LogP contribution in [0.4, 0.5) is 0 Å². The molecule has 26 heavy (non-hydrogen) atoms. The number of hydrogen-bond donors (Lipinski definition) is 1. The summed E-state index contributed by atoms with van der Waals surface area (Å²) >= 11 is 0. The van der Waals surface area contributed by atoms with E-state index in [1.165, 1.54) is 12.8 Å². The highest BCUT2D eigenvalue weighted by Crippen LogP contribution is 2.21. The second kappa shape index (κ2) is 9.07. The molecule has 2 heterocycles. The van der Waals surface area contributed by atoms with Crippen molar-refractivity contribution in [3.8, 4) is 0 Å². The normalized spacial score (nSPS) is 26.0. The van der Waals surface area contributed by atoms with Gasteiger partial charge in [0, 0.05) is 44.7 Å². The quantitative estimate of drug-likeness (QED) is 0.355. The first-order chi connectivity index (χ1) is 11.8. The second-order valence-corrected chi connectivity index (χ2v) is 10.0. The molecule has 2 aliphatic heterocycles. The van der Waals surface area contributed by atoms with Crippen molar-refractivity contribution in [2.75, 3.05) is 44.2 Å². The summed E-state index contributed by atoms with van der Waals surface area (Å²) in [6.07, 6.45) is 3.06. The third-order valence-corrected chi connectivity index (χ3v) is 6.96. The van der Waals surface area contributed by atoms with Crippen LogP contribution >= 0.6 is 24.0 Å². The molecular formula is C17H31IN4O3S. The molecular weight excluding hydrogens is 467 g/mol. The Kier molecular flexibility index (Phi) is 7.58. The van der Waals surface area contributed by atoms with E-state index in [9.17, 15) is 13.2 Å². The number of nitrogens with one attached hydrogen (secondary N) is 1. The van der Waals surface area contributed by atoms with Crippen LogP contribution in [0.25, 0.3) is 0 Å². The summed E-state index contributed by atoms with van der Waals surface area (Å²) in [4.78, 5) is 21.0. The number of halogens is 1. The highest BCUT2D eigenvalue weighted by Gasteiger charge is 2.30. The van der Waals surface area contributed by atoms with Gasteiger partial charge in [0.25, 0.3) is 0 Å². The van der Waals surface area contributed by atoms with Crippen molar-refractivity contribution < 1.29 is 13.2 Å². The van der Waals surface area contributed by atoms with Crippen molar-refractivity contribution in [2.24, 2.45) is 16.8 Å². The number of amides is 1. The molecule has 2 saturated heterocycles. The molecule has 0 aromatic carbocycles. The Morgan fingerprint density at radius 3 is 2.23 bits per heavy atom. The van der Waals surface area contributed by atoms with E-state index in [4.69, 9.17) is 4.99 Å². The SMILES string of the molecule is CC(C)C(=O)N1CCN(C(=NCC2CCS(=O)(=O)C2)NC2CC2)CC1.I. The molecule has 3 rings (SSSR count). The Morgan fingerprint density at radius 1 is 1.12 bits per heavy atom. The first-order valence-corrected chi connectivity index (χ1v) is 11.2. The molecule has 0 aromatic rings. The van der Waals surface area contributed by atoms with Crippen molar-refractivity contribution in [1.82, 2.24) is 15.1 Å². The van der Waals surface area contributed by atoms with Gasteiger partial charge in [-0.1, -0.05) is 13.8 Å².